The van der Waals surface area contributed by atoms with Crippen LogP contribution in [0.5, 0.6) is 5.75 Å². The molecule has 0 spiro atoms. The smallest absolute Gasteiger partial charge is 0.343 e. The zero-order valence-electron chi connectivity index (χ0n) is 9.95. The van der Waals surface area contributed by atoms with Crippen molar-refractivity contribution in [2.45, 2.75) is 11.4 Å². The molecule has 0 atom stereocenters. The van der Waals surface area contributed by atoms with Gasteiger partial charge in [0, 0.05) is 16.8 Å². The number of esters is 1. The lowest BCUT2D eigenvalue weighted by Crippen LogP contribution is -2.08. The van der Waals surface area contributed by atoms with Crippen LogP contribution < -0.4 is 4.74 Å². The molecule has 0 radical (unpaired) electrons. The monoisotopic (exact) mass is 270 g/mol. The number of hydrogen-bond acceptors (Lipinski definition) is 5. The minimum Gasteiger partial charge on any atom is -0.423 e. The van der Waals surface area contributed by atoms with Crippen molar-refractivity contribution in [2.75, 3.05) is 0 Å². The Labute approximate surface area is 114 Å². The van der Waals surface area contributed by atoms with E-state index in [-0.39, 0.29) is 5.97 Å². The molecule has 0 saturated heterocycles. The summed E-state index contributed by atoms with van der Waals surface area (Å²) < 4.78 is 9.24. The summed E-state index contributed by atoms with van der Waals surface area (Å²) in [5.41, 5.74) is 1.63. The highest BCUT2D eigenvalue weighted by Gasteiger charge is 2.12. The molecule has 2 aromatic rings. The summed E-state index contributed by atoms with van der Waals surface area (Å²) in [6.07, 6.45) is 0. The van der Waals surface area contributed by atoms with Crippen LogP contribution >= 0.6 is 11.9 Å². The van der Waals surface area contributed by atoms with Gasteiger partial charge in [0.05, 0.1) is 12.1 Å². The van der Waals surface area contributed by atoms with Gasteiger partial charge >= 0.3 is 5.97 Å². The highest BCUT2D eigenvalue weighted by atomic mass is 32.2. The van der Waals surface area contributed by atoms with E-state index in [0.29, 0.717) is 17.9 Å². The minimum atomic E-state index is -0.358. The van der Waals surface area contributed by atoms with Crippen LogP contribution in [0.25, 0.3) is 0 Å². The zero-order chi connectivity index (χ0) is 13.1. The largest absolute Gasteiger partial charge is 0.423 e. The molecule has 94 valence electrons. The molecule has 0 saturated carbocycles. The summed E-state index contributed by atoms with van der Waals surface area (Å²) in [6.45, 7) is 0.579. The fraction of sp³-hybridized carbons (Fsp3) is 0.0714. The first kappa shape index (κ1) is 11.9. The van der Waals surface area contributed by atoms with E-state index in [4.69, 9.17) is 4.74 Å². The molecule has 1 aliphatic heterocycles. The second-order valence-electron chi connectivity index (χ2n) is 4.00. The molecule has 0 aliphatic carbocycles. The van der Waals surface area contributed by atoms with E-state index in [1.165, 1.54) is 11.9 Å². The van der Waals surface area contributed by atoms with Gasteiger partial charge in [0.25, 0.3) is 0 Å². The maximum absolute atomic E-state index is 11.9. The van der Waals surface area contributed by atoms with Gasteiger partial charge in [-0.2, -0.15) is 5.11 Å². The molecule has 0 N–H and O–H groups in total. The van der Waals surface area contributed by atoms with E-state index in [1.807, 2.05) is 18.2 Å². The molecule has 0 bridgehead atoms. The number of benzene rings is 2. The summed E-state index contributed by atoms with van der Waals surface area (Å²) in [7, 11) is 0. The first-order chi connectivity index (χ1) is 9.33. The second-order valence-corrected chi connectivity index (χ2v) is 4.78. The van der Waals surface area contributed by atoms with Gasteiger partial charge in [-0.25, -0.2) is 4.79 Å². The van der Waals surface area contributed by atoms with Gasteiger partial charge in [0.15, 0.2) is 0 Å². The lowest BCUT2D eigenvalue weighted by molar-refractivity contribution is 0.0734. The third-order valence-electron chi connectivity index (χ3n) is 2.70. The van der Waals surface area contributed by atoms with Gasteiger partial charge in [-0.1, -0.05) is 24.3 Å². The number of carbonyl (C=O) groups is 1. The van der Waals surface area contributed by atoms with Crippen LogP contribution in [0.4, 0.5) is 0 Å². The zero-order valence-corrected chi connectivity index (χ0v) is 10.8. The van der Waals surface area contributed by atoms with Crippen molar-refractivity contribution in [3.05, 3.63) is 59.7 Å². The van der Waals surface area contributed by atoms with Crippen molar-refractivity contribution in [3.8, 4) is 5.75 Å². The molecule has 1 aliphatic rings. The van der Waals surface area contributed by atoms with Crippen molar-refractivity contribution in [2.24, 2.45) is 9.63 Å². The van der Waals surface area contributed by atoms with E-state index in [1.54, 1.807) is 30.3 Å². The van der Waals surface area contributed by atoms with E-state index in [2.05, 4.69) is 9.63 Å². The first-order valence-electron chi connectivity index (χ1n) is 5.77. The van der Waals surface area contributed by atoms with Crippen LogP contribution in [0.2, 0.25) is 0 Å². The summed E-state index contributed by atoms with van der Waals surface area (Å²) in [5.74, 6) is 0.167. The fourth-order valence-electron chi connectivity index (χ4n) is 1.73. The molecule has 3 rings (SSSR count). The average Bonchev–Trinajstić information content (AvgIpc) is 2.48. The predicted molar refractivity (Wildman–Crippen MR) is 72.3 cm³/mol. The topological polar surface area (TPSA) is 51.0 Å². The Hall–Kier alpha value is -2.14. The van der Waals surface area contributed by atoms with Gasteiger partial charge in [0.1, 0.15) is 5.75 Å². The van der Waals surface area contributed by atoms with Gasteiger partial charge < -0.3 is 4.74 Å². The highest BCUT2D eigenvalue weighted by Crippen LogP contribution is 2.32. The quantitative estimate of drug-likeness (QED) is 0.472. The fourth-order valence-corrected chi connectivity index (χ4v) is 2.35. The van der Waals surface area contributed by atoms with Crippen molar-refractivity contribution in [1.82, 2.24) is 0 Å². The summed E-state index contributed by atoms with van der Waals surface area (Å²) in [6, 6.07) is 14.4. The molecule has 0 aromatic heterocycles. The van der Waals surface area contributed by atoms with Gasteiger partial charge in [0.2, 0.25) is 0 Å². The molecule has 1 heterocycles. The molecular formula is C14H10N2O2S. The lowest BCUT2D eigenvalue weighted by atomic mass is 10.2. The number of fused-ring (bicyclic) bond motifs is 1. The maximum atomic E-state index is 11.9. The van der Waals surface area contributed by atoms with Crippen LogP contribution in [0.15, 0.2) is 63.1 Å². The minimum absolute atomic E-state index is 0.358. The normalized spacial score (nSPS) is 12.8. The molecule has 5 heteroatoms. The number of ether oxygens (including phenoxy) is 1. The number of carbonyl (C=O) groups excluding carboxylic acids is 1. The summed E-state index contributed by atoms with van der Waals surface area (Å²) in [5, 5.41) is 3.94. The second kappa shape index (κ2) is 5.24. The molecule has 4 nitrogen and oxygen atoms in total. The first-order valence-corrected chi connectivity index (χ1v) is 6.54. The SMILES string of the molecule is O=C(Oc1ccc2c(c1)SN=NC2)c1ccccc1. The van der Waals surface area contributed by atoms with Crippen LogP contribution in [-0.2, 0) is 6.54 Å². The van der Waals surface area contributed by atoms with Crippen LogP contribution in [-0.4, -0.2) is 5.97 Å². The molecule has 0 amide bonds. The Kier molecular flexibility index (Phi) is 3.29. The molecular weight excluding hydrogens is 260 g/mol. The molecule has 0 fully saturated rings. The number of hydrogen-bond donors (Lipinski definition) is 0. The third-order valence-corrected chi connectivity index (χ3v) is 3.47. The Morgan fingerprint density at radius 1 is 1.16 bits per heavy atom. The van der Waals surface area contributed by atoms with E-state index < -0.39 is 0 Å². The van der Waals surface area contributed by atoms with Crippen molar-refractivity contribution in [1.29, 1.82) is 0 Å². The van der Waals surface area contributed by atoms with Crippen LogP contribution in [0.3, 0.4) is 0 Å². The third kappa shape index (κ3) is 2.66. The Balaban J connectivity index is 1.79. The summed E-state index contributed by atoms with van der Waals surface area (Å²) in [4.78, 5) is 12.9. The van der Waals surface area contributed by atoms with E-state index in [0.717, 1.165) is 10.5 Å². The molecule has 0 unspecified atom stereocenters. The maximum Gasteiger partial charge on any atom is 0.343 e. The average molecular weight is 270 g/mol. The van der Waals surface area contributed by atoms with Gasteiger partial charge in [-0.05, 0) is 29.8 Å². The lowest BCUT2D eigenvalue weighted by Gasteiger charge is -2.10. The standard InChI is InChI=1S/C14H10N2O2S/c17-14(10-4-2-1-3-5-10)18-12-7-6-11-9-15-16-19-13(11)8-12/h1-8H,9H2. The van der Waals surface area contributed by atoms with Crippen molar-refractivity contribution in [3.63, 3.8) is 0 Å². The van der Waals surface area contributed by atoms with E-state index >= 15 is 0 Å². The Morgan fingerprint density at radius 2 is 2.00 bits per heavy atom. The summed E-state index contributed by atoms with van der Waals surface area (Å²) >= 11 is 1.29. The van der Waals surface area contributed by atoms with Gasteiger partial charge in [-0.3, -0.25) is 0 Å². The van der Waals surface area contributed by atoms with Crippen LogP contribution in [0, 0.1) is 0 Å². The Bertz CT molecular complexity index is 641. The number of rotatable bonds is 2. The van der Waals surface area contributed by atoms with Crippen molar-refractivity contribution < 1.29 is 9.53 Å². The van der Waals surface area contributed by atoms with Gasteiger partial charge in [-0.15, -0.1) is 4.52 Å². The Morgan fingerprint density at radius 3 is 2.84 bits per heavy atom. The van der Waals surface area contributed by atoms with E-state index in [9.17, 15) is 4.79 Å². The molecule has 19 heavy (non-hydrogen) atoms. The predicted octanol–water partition coefficient (Wildman–Crippen LogP) is 3.88. The number of nitrogens with zero attached hydrogens (tertiary/aromatic N) is 2. The van der Waals surface area contributed by atoms with Crippen molar-refractivity contribution >= 4 is 17.9 Å². The molecule has 2 aromatic carbocycles. The highest BCUT2D eigenvalue weighted by molar-refractivity contribution is 7.98. The van der Waals surface area contributed by atoms with Crippen LogP contribution in [0.1, 0.15) is 15.9 Å².